The summed E-state index contributed by atoms with van der Waals surface area (Å²) in [5.74, 6) is -1.43. The first-order valence-corrected chi connectivity index (χ1v) is 13.5. The van der Waals surface area contributed by atoms with Crippen LogP contribution in [0.1, 0.15) is 63.0 Å². The van der Waals surface area contributed by atoms with E-state index in [2.05, 4.69) is 22.8 Å². The number of carboxylic acids is 1. The molecule has 1 fully saturated rings. The van der Waals surface area contributed by atoms with Gasteiger partial charge in [0.2, 0.25) is 0 Å². The van der Waals surface area contributed by atoms with Crippen molar-refractivity contribution in [2.45, 2.75) is 57.9 Å². The molecule has 0 bridgehead atoms. The second-order valence-electron chi connectivity index (χ2n) is 11.0. The number of ether oxygens (including phenoxy) is 1. The van der Waals surface area contributed by atoms with E-state index in [1.165, 1.54) is 0 Å². The Labute approximate surface area is 228 Å². The molecule has 2 aromatic carbocycles. The smallest absolute Gasteiger partial charge is 0.407 e. The van der Waals surface area contributed by atoms with Crippen molar-refractivity contribution in [2.24, 2.45) is 5.41 Å². The molecule has 206 valence electrons. The van der Waals surface area contributed by atoms with Gasteiger partial charge in [0, 0.05) is 25.3 Å². The van der Waals surface area contributed by atoms with Crippen LogP contribution >= 0.6 is 0 Å². The number of carbonyl (C=O) groups is 4. The molecule has 0 spiro atoms. The zero-order valence-electron chi connectivity index (χ0n) is 22.5. The quantitative estimate of drug-likeness (QED) is 0.219. The van der Waals surface area contributed by atoms with Crippen molar-refractivity contribution in [1.82, 2.24) is 10.6 Å². The number of ketones is 2. The van der Waals surface area contributed by atoms with E-state index in [0.29, 0.717) is 38.8 Å². The molecule has 0 saturated heterocycles. The van der Waals surface area contributed by atoms with Crippen LogP contribution in [0.3, 0.4) is 0 Å². The van der Waals surface area contributed by atoms with Crippen molar-refractivity contribution in [3.8, 4) is 11.1 Å². The van der Waals surface area contributed by atoms with Crippen molar-refractivity contribution in [3.63, 3.8) is 0 Å². The highest BCUT2D eigenvalue weighted by Gasteiger charge is 2.35. The Balaban J connectivity index is 1.19. The zero-order valence-corrected chi connectivity index (χ0v) is 22.5. The van der Waals surface area contributed by atoms with Crippen LogP contribution in [0.2, 0.25) is 0 Å². The minimum atomic E-state index is -1.11. The van der Waals surface area contributed by atoms with Crippen LogP contribution in [0.15, 0.2) is 60.2 Å². The molecule has 8 heteroatoms. The third kappa shape index (κ3) is 7.00. The molecule has 0 radical (unpaired) electrons. The van der Waals surface area contributed by atoms with E-state index in [-0.39, 0.29) is 41.5 Å². The number of hydrogen-bond acceptors (Lipinski definition) is 6. The van der Waals surface area contributed by atoms with Crippen LogP contribution < -0.4 is 10.6 Å². The molecule has 0 aliphatic heterocycles. The number of unbranched alkanes of at least 4 members (excludes halogenated alkanes) is 1. The average Bonchev–Trinajstić information content (AvgIpc) is 3.20. The molecule has 2 aliphatic carbocycles. The van der Waals surface area contributed by atoms with E-state index in [0.717, 1.165) is 22.3 Å². The van der Waals surface area contributed by atoms with Crippen LogP contribution in [0.25, 0.3) is 11.1 Å². The van der Waals surface area contributed by atoms with E-state index in [1.807, 2.05) is 50.2 Å². The van der Waals surface area contributed by atoms with Crippen LogP contribution in [-0.2, 0) is 19.1 Å². The van der Waals surface area contributed by atoms with Crippen LogP contribution in [0, 0.1) is 5.41 Å². The first-order chi connectivity index (χ1) is 18.7. The van der Waals surface area contributed by atoms with Crippen LogP contribution in [0.5, 0.6) is 0 Å². The van der Waals surface area contributed by atoms with Crippen LogP contribution in [0.4, 0.5) is 4.79 Å². The number of hydrogen-bond donors (Lipinski definition) is 3. The van der Waals surface area contributed by atoms with Gasteiger partial charge in [0.05, 0.1) is 5.57 Å². The fraction of sp³-hybridized carbons (Fsp3) is 0.419. The first-order valence-electron chi connectivity index (χ1n) is 13.5. The Kier molecular flexibility index (Phi) is 8.97. The van der Waals surface area contributed by atoms with Gasteiger partial charge in [0.1, 0.15) is 12.6 Å². The van der Waals surface area contributed by atoms with Gasteiger partial charge in [0.25, 0.3) is 0 Å². The number of amides is 1. The summed E-state index contributed by atoms with van der Waals surface area (Å²) < 4.78 is 5.48. The van der Waals surface area contributed by atoms with Gasteiger partial charge in [-0.1, -0.05) is 68.5 Å². The lowest BCUT2D eigenvalue weighted by Crippen LogP contribution is -2.41. The number of aliphatic carboxylic acids is 1. The first kappa shape index (κ1) is 28.2. The van der Waals surface area contributed by atoms with E-state index in [4.69, 9.17) is 4.74 Å². The number of allylic oxidation sites excluding steroid dienone is 1. The lowest BCUT2D eigenvalue weighted by molar-refractivity contribution is -0.139. The Bertz CT molecular complexity index is 1210. The van der Waals surface area contributed by atoms with E-state index >= 15 is 0 Å². The summed E-state index contributed by atoms with van der Waals surface area (Å²) in [7, 11) is 0. The van der Waals surface area contributed by atoms with Gasteiger partial charge in [-0.05, 0) is 53.5 Å². The maximum absolute atomic E-state index is 12.5. The van der Waals surface area contributed by atoms with Gasteiger partial charge in [-0.3, -0.25) is 9.59 Å². The van der Waals surface area contributed by atoms with Gasteiger partial charge in [-0.15, -0.1) is 0 Å². The maximum atomic E-state index is 12.5. The number of alkyl carbamates (subject to hydrolysis) is 1. The molecular weight excluding hydrogens is 496 g/mol. The number of Topliss-reactive ketones (excluding diaryl/α,β-unsaturated/α-hetero) is 2. The molecule has 3 N–H and O–H groups in total. The summed E-state index contributed by atoms with van der Waals surface area (Å²) in [5, 5.41) is 15.2. The minimum absolute atomic E-state index is 0.0989. The largest absolute Gasteiger partial charge is 0.480 e. The monoisotopic (exact) mass is 532 g/mol. The number of carbonyl (C=O) groups excluding carboxylic acids is 3. The summed E-state index contributed by atoms with van der Waals surface area (Å²) >= 11 is 0. The fourth-order valence-electron chi connectivity index (χ4n) is 5.42. The summed E-state index contributed by atoms with van der Waals surface area (Å²) in [6.07, 6.45) is 3.15. The Morgan fingerprint density at radius 2 is 1.59 bits per heavy atom. The molecule has 4 rings (SSSR count). The number of fused-ring (bicyclic) bond motifs is 3. The van der Waals surface area contributed by atoms with Crippen molar-refractivity contribution in [1.29, 1.82) is 0 Å². The van der Waals surface area contributed by atoms with Crippen molar-refractivity contribution in [2.75, 3.05) is 19.7 Å². The topological polar surface area (TPSA) is 122 Å². The predicted molar refractivity (Wildman–Crippen MR) is 147 cm³/mol. The molecule has 8 nitrogen and oxygen atoms in total. The number of rotatable bonds is 11. The second kappa shape index (κ2) is 12.4. The lowest BCUT2D eigenvalue weighted by atomic mass is 9.74. The van der Waals surface area contributed by atoms with Crippen molar-refractivity contribution < 1.29 is 29.0 Å². The minimum Gasteiger partial charge on any atom is -0.480 e. The highest BCUT2D eigenvalue weighted by atomic mass is 16.5. The molecule has 2 aromatic rings. The van der Waals surface area contributed by atoms with E-state index in [9.17, 15) is 24.3 Å². The third-order valence-corrected chi connectivity index (χ3v) is 7.36. The molecule has 1 saturated carbocycles. The van der Waals surface area contributed by atoms with Crippen LogP contribution in [-0.4, -0.2) is 54.5 Å². The Hall–Kier alpha value is -3.78. The van der Waals surface area contributed by atoms with Gasteiger partial charge in [-0.2, -0.15) is 0 Å². The zero-order chi connectivity index (χ0) is 28.0. The molecule has 0 unspecified atom stereocenters. The lowest BCUT2D eigenvalue weighted by Gasteiger charge is -2.28. The van der Waals surface area contributed by atoms with Crippen molar-refractivity contribution in [3.05, 3.63) is 71.3 Å². The highest BCUT2D eigenvalue weighted by Crippen LogP contribution is 2.44. The molecule has 1 atom stereocenters. The Morgan fingerprint density at radius 3 is 2.18 bits per heavy atom. The van der Waals surface area contributed by atoms with Gasteiger partial charge in [0.15, 0.2) is 11.6 Å². The van der Waals surface area contributed by atoms with Crippen molar-refractivity contribution >= 4 is 23.6 Å². The summed E-state index contributed by atoms with van der Waals surface area (Å²) in [5.41, 5.74) is 4.41. The highest BCUT2D eigenvalue weighted by molar-refractivity contribution is 6.22. The summed E-state index contributed by atoms with van der Waals surface area (Å²) in [6, 6.07) is 15.0. The molecule has 2 aliphatic rings. The van der Waals surface area contributed by atoms with E-state index < -0.39 is 18.1 Å². The van der Waals surface area contributed by atoms with Gasteiger partial charge >= 0.3 is 12.1 Å². The third-order valence-electron chi connectivity index (χ3n) is 7.36. The molecule has 1 amide bonds. The average molecular weight is 533 g/mol. The van der Waals surface area contributed by atoms with E-state index in [1.54, 1.807) is 6.08 Å². The molecule has 0 aromatic heterocycles. The summed E-state index contributed by atoms with van der Waals surface area (Å²) in [4.78, 5) is 48.7. The Morgan fingerprint density at radius 1 is 1.00 bits per heavy atom. The number of carboxylic acid groups (broad SMARTS) is 1. The second-order valence-corrected chi connectivity index (χ2v) is 11.0. The normalized spacial score (nSPS) is 16.8. The fourth-order valence-corrected chi connectivity index (χ4v) is 5.42. The number of nitrogens with one attached hydrogen (secondary N) is 2. The molecule has 0 heterocycles. The SMILES string of the molecule is CC1(C)CC(=O)C(=CCNCCCC[C@H](NC(=O)OCC2c3ccccc3-c3ccccc32)C(=O)O)C(=O)C1. The molecular formula is C31H36N2O6. The predicted octanol–water partition coefficient (Wildman–Crippen LogP) is 4.62. The molecule has 39 heavy (non-hydrogen) atoms. The maximum Gasteiger partial charge on any atom is 0.407 e. The summed E-state index contributed by atoms with van der Waals surface area (Å²) in [6.45, 7) is 4.95. The van der Waals surface area contributed by atoms with Gasteiger partial charge < -0.3 is 20.5 Å². The van der Waals surface area contributed by atoms with Gasteiger partial charge in [-0.25, -0.2) is 9.59 Å². The number of benzene rings is 2. The standard InChI is InChI=1S/C31H36N2O6/c1-31(2)17-27(34)24(28(35)18-31)14-16-32-15-8-7-13-26(29(36)37)33-30(38)39-19-25-22-11-5-3-9-20(22)21-10-4-6-12-23(21)25/h3-6,9-12,14,25-26,32H,7-8,13,15-19H2,1-2H3,(H,33,38)(H,36,37)/t26-/m0/s1.